The van der Waals surface area contributed by atoms with Crippen LogP contribution >= 0.6 is 11.8 Å². The summed E-state index contributed by atoms with van der Waals surface area (Å²) in [5, 5.41) is 0.659. The van der Waals surface area contributed by atoms with Crippen molar-refractivity contribution < 1.29 is 27.0 Å². The summed E-state index contributed by atoms with van der Waals surface area (Å²) in [6, 6.07) is 23.6. The van der Waals surface area contributed by atoms with Gasteiger partial charge in [-0.1, -0.05) is 151 Å². The van der Waals surface area contributed by atoms with Crippen LogP contribution in [0.2, 0.25) is 0 Å². The van der Waals surface area contributed by atoms with Crippen LogP contribution in [0.25, 0.3) is 5.57 Å². The number of anilines is 2. The van der Waals surface area contributed by atoms with Gasteiger partial charge in [0.2, 0.25) is 0 Å². The van der Waals surface area contributed by atoms with E-state index in [0.29, 0.717) is 43.3 Å². The molecule has 0 bridgehead atoms. The Morgan fingerprint density at radius 1 is 0.606 bits per heavy atom. The summed E-state index contributed by atoms with van der Waals surface area (Å²) in [5.41, 5.74) is 15.6. The highest BCUT2D eigenvalue weighted by molar-refractivity contribution is 8.01. The summed E-state index contributed by atoms with van der Waals surface area (Å²) in [4.78, 5) is 5.03. The average Bonchev–Trinajstić information content (AvgIpc) is 1.56. The van der Waals surface area contributed by atoms with Gasteiger partial charge in [0.25, 0.3) is 0 Å². The Bertz CT molecular complexity index is 4270. The maximum absolute atomic E-state index is 15.4. The van der Waals surface area contributed by atoms with Crippen molar-refractivity contribution in [1.29, 1.82) is 0 Å². The SMILES string of the molecule is C=CC1=CCC(OC2=CCC(C3(C4C=CC(F)=CC4)C4=C(C=CCC4)c4ccc(N(C5=CC6C(C=C5)SC5CCC(N(c7ccc(F)cc7)C7C=CC8c9ccccc9C(C9=CCC(OC%10C=CC(C=C)CC%10)CC9)(C9CC=C(F)CC9)C8C7)=CC56)C5=CC=C(F)CC5)cc43)C=C2)CC1. The third-order valence-electron chi connectivity index (χ3n) is 25.5. The summed E-state index contributed by atoms with van der Waals surface area (Å²) in [6.07, 6.45) is 68.1. The molecule has 1 fully saturated rings. The molecule has 4 nitrogen and oxygen atoms in total. The highest BCUT2D eigenvalue weighted by Crippen LogP contribution is 2.66. The Labute approximate surface area is 588 Å². The molecular weight excluding hydrogens is 1250 g/mol. The average molecular weight is 1340 g/mol. The maximum Gasteiger partial charge on any atom is 0.123 e. The summed E-state index contributed by atoms with van der Waals surface area (Å²) in [6.45, 7) is 8.05. The van der Waals surface area contributed by atoms with Gasteiger partial charge >= 0.3 is 0 Å². The van der Waals surface area contributed by atoms with E-state index < -0.39 is 5.41 Å². The van der Waals surface area contributed by atoms with Gasteiger partial charge in [0.1, 0.15) is 29.3 Å². The van der Waals surface area contributed by atoms with E-state index in [1.807, 2.05) is 36.4 Å². The van der Waals surface area contributed by atoms with Crippen LogP contribution in [-0.4, -0.2) is 34.9 Å². The molecule has 0 aromatic heterocycles. The normalized spacial score (nSPS) is 34.7. The zero-order valence-corrected chi connectivity index (χ0v) is 57.7. The van der Waals surface area contributed by atoms with Crippen molar-refractivity contribution in [3.05, 3.63) is 305 Å². The van der Waals surface area contributed by atoms with E-state index >= 15 is 17.6 Å². The molecule has 13 aliphatic carbocycles. The number of nitrogens with zero attached hydrogens (tertiary/aromatic N) is 2. The lowest BCUT2D eigenvalue weighted by atomic mass is 9.54. The second-order valence-electron chi connectivity index (χ2n) is 30.5. The second-order valence-corrected chi connectivity index (χ2v) is 31.9. The molecule has 0 N–H and O–H groups in total. The Hall–Kier alpha value is -7.59. The number of hydrogen-bond acceptors (Lipinski definition) is 5. The summed E-state index contributed by atoms with van der Waals surface area (Å²) >= 11 is 2.11. The molecule has 17 rings (SSSR count). The lowest BCUT2D eigenvalue weighted by Gasteiger charge is -2.51. The number of fused-ring (bicyclic) bond motifs is 8. The first kappa shape index (κ1) is 64.8. The number of ether oxygens (including phenoxy) is 2. The van der Waals surface area contributed by atoms with E-state index in [1.54, 1.807) is 30.4 Å². The van der Waals surface area contributed by atoms with Gasteiger partial charge < -0.3 is 19.3 Å². The third-order valence-corrected chi connectivity index (χ3v) is 27.2. The molecule has 1 aliphatic heterocycles. The summed E-state index contributed by atoms with van der Waals surface area (Å²) in [7, 11) is 0. The van der Waals surface area contributed by atoms with Crippen molar-refractivity contribution in [2.24, 2.45) is 41.4 Å². The molecule has 1 heterocycles. The van der Waals surface area contributed by atoms with Crippen LogP contribution in [0, 0.1) is 47.2 Å². The Morgan fingerprint density at radius 2 is 1.45 bits per heavy atom. The predicted octanol–water partition coefficient (Wildman–Crippen LogP) is 23.1. The van der Waals surface area contributed by atoms with E-state index in [2.05, 4.69) is 174 Å². The van der Waals surface area contributed by atoms with Crippen LogP contribution in [0.3, 0.4) is 0 Å². The lowest BCUT2D eigenvalue weighted by molar-refractivity contribution is -0.00187. The van der Waals surface area contributed by atoms with Gasteiger partial charge in [0, 0.05) is 74.5 Å². The zero-order chi connectivity index (χ0) is 66.9. The minimum atomic E-state index is -0.473. The van der Waals surface area contributed by atoms with Crippen molar-refractivity contribution in [2.75, 3.05) is 9.80 Å². The van der Waals surface area contributed by atoms with Crippen LogP contribution in [0.1, 0.15) is 157 Å². The molecule has 14 aliphatic rings. The number of allylic oxidation sites excluding steroid dienone is 27. The zero-order valence-electron chi connectivity index (χ0n) is 56.9. The first-order valence-corrected chi connectivity index (χ1v) is 38.4. The quantitative estimate of drug-likeness (QED) is 0.105. The summed E-state index contributed by atoms with van der Waals surface area (Å²) in [5.74, 6) is 1.91. The van der Waals surface area contributed by atoms with Crippen LogP contribution in [0.15, 0.2) is 277 Å². The minimum absolute atomic E-state index is 0.000758. The smallest absolute Gasteiger partial charge is 0.123 e. The van der Waals surface area contributed by atoms with Gasteiger partial charge in [0.15, 0.2) is 0 Å². The number of halogens is 4. The number of thioether (sulfide) groups is 1. The highest BCUT2D eigenvalue weighted by atomic mass is 32.2. The molecule has 16 atom stereocenters. The molecular formula is C90H92F4N2O2S. The van der Waals surface area contributed by atoms with Crippen molar-refractivity contribution in [2.45, 2.75) is 180 Å². The topological polar surface area (TPSA) is 24.9 Å². The van der Waals surface area contributed by atoms with Crippen LogP contribution in [-0.2, 0) is 20.3 Å². The molecule has 0 spiro atoms. The molecule has 0 saturated carbocycles. The lowest BCUT2D eigenvalue weighted by Crippen LogP contribution is -2.48. The van der Waals surface area contributed by atoms with Gasteiger partial charge in [0.05, 0.1) is 24.1 Å². The molecule has 0 radical (unpaired) electrons. The van der Waals surface area contributed by atoms with E-state index in [1.165, 1.54) is 50.2 Å². The van der Waals surface area contributed by atoms with Gasteiger partial charge in [-0.05, 0) is 258 Å². The molecule has 1 saturated heterocycles. The molecule has 508 valence electrons. The Kier molecular flexibility index (Phi) is 17.7. The highest BCUT2D eigenvalue weighted by Gasteiger charge is 2.59. The fourth-order valence-corrected chi connectivity index (χ4v) is 22.7. The first-order chi connectivity index (χ1) is 48.5. The fourth-order valence-electron chi connectivity index (χ4n) is 21.0. The maximum atomic E-state index is 15.4. The van der Waals surface area contributed by atoms with Crippen molar-refractivity contribution in [3.63, 3.8) is 0 Å². The minimum Gasteiger partial charge on any atom is -0.490 e. The van der Waals surface area contributed by atoms with E-state index in [4.69, 9.17) is 9.47 Å². The fraction of sp³-hybridized carbons (Fsp3) is 0.400. The van der Waals surface area contributed by atoms with Gasteiger partial charge in [-0.15, -0.1) is 18.3 Å². The largest absolute Gasteiger partial charge is 0.490 e. The first-order valence-electron chi connectivity index (χ1n) is 37.4. The number of hydrogen-bond donors (Lipinski definition) is 0. The Balaban J connectivity index is 0.720. The van der Waals surface area contributed by atoms with E-state index in [-0.39, 0.29) is 99.7 Å². The number of rotatable bonds is 16. The molecule has 0 amide bonds. The predicted molar refractivity (Wildman–Crippen MR) is 398 cm³/mol. The molecule has 16 unspecified atom stereocenters. The monoisotopic (exact) mass is 1340 g/mol. The van der Waals surface area contributed by atoms with Crippen LogP contribution < -0.4 is 9.80 Å². The van der Waals surface area contributed by atoms with Gasteiger partial charge in [-0.3, -0.25) is 0 Å². The van der Waals surface area contributed by atoms with Crippen LogP contribution in [0.4, 0.5) is 28.9 Å². The molecule has 9 heteroatoms. The summed E-state index contributed by atoms with van der Waals surface area (Å²) < 4.78 is 75.0. The van der Waals surface area contributed by atoms with Gasteiger partial charge in [-0.2, -0.15) is 0 Å². The van der Waals surface area contributed by atoms with Crippen molar-refractivity contribution in [3.8, 4) is 0 Å². The van der Waals surface area contributed by atoms with Crippen molar-refractivity contribution in [1.82, 2.24) is 0 Å². The standard InChI is InChI=1S/C90H92F4N2O2S/c1-3-57-13-41-73(42-14-57)97-75-45-21-61(22-46-75)89(59-17-25-63(91)26-18-59)83-11-7-5-9-77(83)79-49-37-71(55-85(79)89)95(67-33-29-65(93)30-34-67)69-39-51-87-81(53-69)82-54-70(40-52-88(82)99-87)96(68-35-31-66(94)32-36-68)72-38-50-80-78-10-6-8-12-84(78)90(86(80)56-72,60-19-27-64(92)28-20-60)62-23-47-76(48-24-62)98-74-43-15-58(4-2)16-44-74/h3-7,9-11,13,15,19,21,23,25,27-31,33-35,37-38,40-41,47-50,52-54,56-57,59-60,62,71,73-75,79,81-82,85,87-88H,1-2,8,12,14,16-18,20,22,24,26,32,36,39,42-46,51,55H2. The van der Waals surface area contributed by atoms with Crippen LogP contribution in [0.5, 0.6) is 0 Å². The van der Waals surface area contributed by atoms with E-state index in [9.17, 15) is 0 Å². The van der Waals surface area contributed by atoms with E-state index in [0.717, 1.165) is 125 Å². The number of benzene rings is 3. The molecule has 3 aromatic rings. The third kappa shape index (κ3) is 11.6. The second kappa shape index (κ2) is 27.1. The van der Waals surface area contributed by atoms with Gasteiger partial charge in [-0.25, -0.2) is 17.6 Å². The molecule has 3 aromatic carbocycles. The Morgan fingerprint density at radius 3 is 2.20 bits per heavy atom. The van der Waals surface area contributed by atoms with Crippen molar-refractivity contribution >= 4 is 28.7 Å². The molecule has 99 heavy (non-hydrogen) atoms.